The average Bonchev–Trinajstić information content (AvgIpc) is 2.74. The molecule has 5 N–H and O–H groups in total. The summed E-state index contributed by atoms with van der Waals surface area (Å²) in [6, 6.07) is 15.9. The van der Waals surface area contributed by atoms with E-state index in [0.717, 1.165) is 5.56 Å². The summed E-state index contributed by atoms with van der Waals surface area (Å²) in [5.74, 6) is 0.511. The molecular weight excluding hydrogens is 380 g/mol. The zero-order chi connectivity index (χ0) is 21.3. The maximum absolute atomic E-state index is 13.4. The van der Waals surface area contributed by atoms with Gasteiger partial charge in [-0.15, -0.1) is 0 Å². The van der Waals surface area contributed by atoms with Crippen LogP contribution in [0.15, 0.2) is 63.8 Å². The van der Waals surface area contributed by atoms with Gasteiger partial charge in [-0.3, -0.25) is 4.79 Å². The second-order valence-electron chi connectivity index (χ2n) is 6.68. The van der Waals surface area contributed by atoms with Crippen molar-refractivity contribution >= 4 is 34.2 Å². The molecule has 4 aromatic rings. The molecule has 0 aliphatic heterocycles. The summed E-state index contributed by atoms with van der Waals surface area (Å²) in [6.45, 7) is 9.16. The number of benzene rings is 2. The summed E-state index contributed by atoms with van der Waals surface area (Å²) in [7, 11) is 0. The lowest BCUT2D eigenvalue weighted by molar-refractivity contribution is 0.604. The summed E-state index contributed by atoms with van der Waals surface area (Å²) >= 11 is 0. The van der Waals surface area contributed by atoms with Gasteiger partial charge in [0.2, 0.25) is 5.95 Å². The molecule has 0 fully saturated rings. The third-order valence-electron chi connectivity index (χ3n) is 4.70. The Balaban J connectivity index is 1.91. The fourth-order valence-corrected chi connectivity index (χ4v) is 3.33. The molecule has 8 heteroatoms. The zero-order valence-electron chi connectivity index (χ0n) is 16.1. The SMILES string of the molecule is [C-]#[N+]c1c(N)nc(N)nc1NC(C)c1c(-c2ccccc2)oc2ccccc2c1=O. The molecule has 30 heavy (non-hydrogen) atoms. The molecule has 0 saturated heterocycles. The fraction of sp³-hybridized carbons (Fsp3) is 0.0909. The second-order valence-corrected chi connectivity index (χ2v) is 6.68. The number of nitrogen functional groups attached to an aromatic ring is 2. The van der Waals surface area contributed by atoms with E-state index in [-0.39, 0.29) is 28.7 Å². The van der Waals surface area contributed by atoms with Crippen molar-refractivity contribution in [3.8, 4) is 11.3 Å². The van der Waals surface area contributed by atoms with E-state index in [2.05, 4.69) is 20.1 Å². The Morgan fingerprint density at radius 1 is 1.07 bits per heavy atom. The van der Waals surface area contributed by atoms with Gasteiger partial charge < -0.3 is 21.2 Å². The highest BCUT2D eigenvalue weighted by Crippen LogP contribution is 2.34. The highest BCUT2D eigenvalue weighted by Gasteiger charge is 2.23. The molecule has 0 amide bonds. The number of hydrogen-bond acceptors (Lipinski definition) is 7. The molecule has 148 valence electrons. The number of hydrogen-bond donors (Lipinski definition) is 3. The lowest BCUT2D eigenvalue weighted by Crippen LogP contribution is -2.20. The van der Waals surface area contributed by atoms with Gasteiger partial charge in [0.1, 0.15) is 23.0 Å². The smallest absolute Gasteiger partial charge is 0.268 e. The first-order valence-corrected chi connectivity index (χ1v) is 9.17. The third-order valence-corrected chi connectivity index (χ3v) is 4.70. The van der Waals surface area contributed by atoms with Crippen molar-refractivity contribution in [3.63, 3.8) is 0 Å². The standard InChI is InChI=1S/C22H18N6O2/c1-12(26-21-17(25-2)20(23)27-22(24)28-21)16-18(29)14-10-6-7-11-15(14)30-19(16)13-8-4-3-5-9-13/h3-12H,1H3,(H5,23,24,26,27,28). The number of aromatic nitrogens is 2. The van der Waals surface area contributed by atoms with Gasteiger partial charge in [-0.1, -0.05) is 42.5 Å². The van der Waals surface area contributed by atoms with Crippen molar-refractivity contribution in [2.75, 3.05) is 16.8 Å². The molecule has 0 radical (unpaired) electrons. The molecular formula is C22H18N6O2. The van der Waals surface area contributed by atoms with Crippen LogP contribution in [0.5, 0.6) is 0 Å². The van der Waals surface area contributed by atoms with Crippen molar-refractivity contribution in [2.24, 2.45) is 0 Å². The predicted molar refractivity (Wildman–Crippen MR) is 117 cm³/mol. The Morgan fingerprint density at radius 3 is 2.50 bits per heavy atom. The average molecular weight is 398 g/mol. The lowest BCUT2D eigenvalue weighted by Gasteiger charge is -2.19. The Bertz CT molecular complexity index is 1340. The van der Waals surface area contributed by atoms with Gasteiger partial charge in [0.15, 0.2) is 5.43 Å². The minimum Gasteiger partial charge on any atom is -0.455 e. The quantitative estimate of drug-likeness (QED) is 0.441. The summed E-state index contributed by atoms with van der Waals surface area (Å²) in [6.07, 6.45) is 0. The highest BCUT2D eigenvalue weighted by molar-refractivity contribution is 5.82. The number of nitrogens with one attached hydrogen (secondary N) is 1. The van der Waals surface area contributed by atoms with Gasteiger partial charge in [0.25, 0.3) is 5.69 Å². The van der Waals surface area contributed by atoms with E-state index in [1.165, 1.54) is 0 Å². The van der Waals surface area contributed by atoms with Crippen molar-refractivity contribution in [1.82, 2.24) is 9.97 Å². The first-order valence-electron chi connectivity index (χ1n) is 9.17. The van der Waals surface area contributed by atoms with E-state index >= 15 is 0 Å². The Morgan fingerprint density at radius 2 is 1.77 bits per heavy atom. The molecule has 4 rings (SSSR count). The first kappa shape index (κ1) is 19.0. The van der Waals surface area contributed by atoms with Gasteiger partial charge in [0, 0.05) is 5.56 Å². The van der Waals surface area contributed by atoms with Crippen molar-refractivity contribution < 1.29 is 4.42 Å². The molecule has 2 aromatic carbocycles. The van der Waals surface area contributed by atoms with Crippen molar-refractivity contribution in [2.45, 2.75) is 13.0 Å². The zero-order valence-corrected chi connectivity index (χ0v) is 16.1. The second kappa shape index (κ2) is 7.56. The van der Waals surface area contributed by atoms with Gasteiger partial charge >= 0.3 is 0 Å². The van der Waals surface area contributed by atoms with Crippen LogP contribution < -0.4 is 22.2 Å². The van der Waals surface area contributed by atoms with Gasteiger partial charge in [-0.25, -0.2) is 14.8 Å². The minimum absolute atomic E-state index is 0.0268. The van der Waals surface area contributed by atoms with Gasteiger partial charge in [-0.2, -0.15) is 0 Å². The number of anilines is 3. The van der Waals surface area contributed by atoms with Gasteiger partial charge in [-0.05, 0) is 19.1 Å². The van der Waals surface area contributed by atoms with E-state index in [4.69, 9.17) is 22.5 Å². The first-order chi connectivity index (χ1) is 14.5. The molecule has 2 heterocycles. The molecule has 0 spiro atoms. The summed E-state index contributed by atoms with van der Waals surface area (Å²) in [4.78, 5) is 24.7. The molecule has 0 aliphatic carbocycles. The number of nitrogens with two attached hydrogens (primary N) is 2. The van der Waals surface area contributed by atoms with E-state index in [9.17, 15) is 4.79 Å². The van der Waals surface area contributed by atoms with Crippen LogP contribution in [-0.2, 0) is 0 Å². The van der Waals surface area contributed by atoms with Crippen molar-refractivity contribution in [1.29, 1.82) is 0 Å². The third kappa shape index (κ3) is 3.29. The number of fused-ring (bicyclic) bond motifs is 1. The molecule has 1 atom stereocenters. The van der Waals surface area contributed by atoms with Crippen LogP contribution in [0.1, 0.15) is 18.5 Å². The molecule has 2 aromatic heterocycles. The Kier molecular flexibility index (Phi) is 4.78. The van der Waals surface area contributed by atoms with Crippen LogP contribution in [0.4, 0.5) is 23.3 Å². The lowest BCUT2D eigenvalue weighted by atomic mass is 9.99. The van der Waals surface area contributed by atoms with Crippen LogP contribution in [0.25, 0.3) is 27.1 Å². The maximum Gasteiger partial charge on any atom is 0.268 e. The van der Waals surface area contributed by atoms with Crippen LogP contribution in [0, 0.1) is 6.57 Å². The number of para-hydroxylation sites is 1. The van der Waals surface area contributed by atoms with Crippen LogP contribution in [0.3, 0.4) is 0 Å². The van der Waals surface area contributed by atoms with E-state index in [1.54, 1.807) is 25.1 Å². The summed E-state index contributed by atoms with van der Waals surface area (Å²) in [5, 5.41) is 3.56. The fourth-order valence-electron chi connectivity index (χ4n) is 3.33. The van der Waals surface area contributed by atoms with Crippen molar-refractivity contribution in [3.05, 3.63) is 81.8 Å². The molecule has 0 aliphatic rings. The monoisotopic (exact) mass is 398 g/mol. The molecule has 8 nitrogen and oxygen atoms in total. The highest BCUT2D eigenvalue weighted by atomic mass is 16.3. The van der Waals surface area contributed by atoms with E-state index in [0.29, 0.717) is 22.3 Å². The molecule has 0 saturated carbocycles. The number of rotatable bonds is 4. The number of nitrogens with zero attached hydrogens (tertiary/aromatic N) is 3. The summed E-state index contributed by atoms with van der Waals surface area (Å²) < 4.78 is 6.14. The minimum atomic E-state index is -0.560. The Hall–Kier alpha value is -4.38. The normalized spacial score (nSPS) is 11.7. The molecule has 0 bridgehead atoms. The van der Waals surface area contributed by atoms with Gasteiger partial charge in [0.05, 0.1) is 23.6 Å². The van der Waals surface area contributed by atoms with E-state index in [1.807, 2.05) is 36.4 Å². The predicted octanol–water partition coefficient (Wildman–Crippen LogP) is 4.14. The Labute approximate surface area is 172 Å². The van der Waals surface area contributed by atoms with Crippen LogP contribution in [-0.4, -0.2) is 9.97 Å². The summed E-state index contributed by atoms with van der Waals surface area (Å²) in [5.41, 5.74) is 13.0. The largest absolute Gasteiger partial charge is 0.455 e. The topological polar surface area (TPSA) is 124 Å². The maximum atomic E-state index is 13.4. The van der Waals surface area contributed by atoms with E-state index < -0.39 is 6.04 Å². The molecule has 1 unspecified atom stereocenters. The van der Waals surface area contributed by atoms with Crippen LogP contribution in [0.2, 0.25) is 0 Å². The van der Waals surface area contributed by atoms with Crippen LogP contribution >= 0.6 is 0 Å².